The third-order valence-corrected chi connectivity index (χ3v) is 3.13. The van der Waals surface area contributed by atoms with Crippen molar-refractivity contribution in [1.82, 2.24) is 19.8 Å². The molecule has 1 aromatic heterocycles. The zero-order chi connectivity index (χ0) is 12.7. The van der Waals surface area contributed by atoms with Gasteiger partial charge < -0.3 is 10.6 Å². The van der Waals surface area contributed by atoms with Crippen LogP contribution in [0.3, 0.4) is 0 Å². The number of hydrogen-bond acceptors (Lipinski definition) is 6. The molecule has 1 amide bonds. The largest absolute Gasteiger partial charge is 0.377 e. The molecule has 0 saturated carbocycles. The second kappa shape index (κ2) is 7.18. The summed E-state index contributed by atoms with van der Waals surface area (Å²) in [7, 11) is 1.85. The molecule has 0 aliphatic heterocycles. The Kier molecular flexibility index (Phi) is 5.85. The summed E-state index contributed by atoms with van der Waals surface area (Å²) in [5.74, 6) is 0.0450. The predicted octanol–water partition coefficient (Wildman–Crippen LogP) is 0.538. The summed E-state index contributed by atoms with van der Waals surface area (Å²) >= 11 is 1.33. The Hall–Kier alpha value is -1.21. The highest BCUT2D eigenvalue weighted by atomic mass is 32.1. The van der Waals surface area contributed by atoms with E-state index in [0.717, 1.165) is 17.2 Å². The maximum atomic E-state index is 11.5. The van der Waals surface area contributed by atoms with Gasteiger partial charge in [-0.05, 0) is 13.5 Å². The number of likely N-dealkylation sites (N-methyl/N-ethyl adjacent to an activating group) is 2. The topological polar surface area (TPSA) is 70.2 Å². The van der Waals surface area contributed by atoms with Crippen LogP contribution >= 0.6 is 11.5 Å². The van der Waals surface area contributed by atoms with Gasteiger partial charge in [0.1, 0.15) is 10.7 Å². The zero-order valence-corrected chi connectivity index (χ0v) is 11.3. The molecule has 0 fully saturated rings. The average Bonchev–Trinajstić information content (AvgIpc) is 2.75. The maximum absolute atomic E-state index is 11.5. The first kappa shape index (κ1) is 13.9. The van der Waals surface area contributed by atoms with Crippen molar-refractivity contribution in [2.75, 3.05) is 32.0 Å². The number of anilines is 1. The van der Waals surface area contributed by atoms with Crippen LogP contribution in [-0.2, 0) is 11.3 Å². The fraction of sp³-hybridized carbons (Fsp3) is 0.700. The second-order valence-corrected chi connectivity index (χ2v) is 4.31. The maximum Gasteiger partial charge on any atom is 0.234 e. The first-order valence-corrected chi connectivity index (χ1v) is 6.46. The van der Waals surface area contributed by atoms with Gasteiger partial charge in [0.25, 0.3) is 0 Å². The summed E-state index contributed by atoms with van der Waals surface area (Å²) in [5, 5.41) is 10.9. The third kappa shape index (κ3) is 4.27. The minimum atomic E-state index is 0.0450. The minimum Gasteiger partial charge on any atom is -0.377 e. The quantitative estimate of drug-likeness (QED) is 0.746. The molecule has 0 bridgehead atoms. The smallest absolute Gasteiger partial charge is 0.234 e. The van der Waals surface area contributed by atoms with Gasteiger partial charge in [-0.2, -0.15) is 0 Å². The van der Waals surface area contributed by atoms with Gasteiger partial charge in [-0.25, -0.2) is 0 Å². The van der Waals surface area contributed by atoms with E-state index >= 15 is 0 Å². The SMILES string of the molecule is CCNC(=O)CN(CC)Cc1nnsc1NC. The van der Waals surface area contributed by atoms with Crippen molar-refractivity contribution < 1.29 is 4.79 Å². The van der Waals surface area contributed by atoms with Gasteiger partial charge in [-0.1, -0.05) is 11.4 Å². The number of hydrogen-bond donors (Lipinski definition) is 2. The van der Waals surface area contributed by atoms with Gasteiger partial charge >= 0.3 is 0 Å². The van der Waals surface area contributed by atoms with Gasteiger partial charge in [-0.15, -0.1) is 5.10 Å². The molecule has 0 spiro atoms. The Bertz CT molecular complexity index is 354. The lowest BCUT2D eigenvalue weighted by Crippen LogP contribution is -2.36. The molecular weight excluding hydrogens is 238 g/mol. The molecule has 6 nitrogen and oxygen atoms in total. The lowest BCUT2D eigenvalue weighted by atomic mass is 10.3. The van der Waals surface area contributed by atoms with Crippen molar-refractivity contribution in [3.05, 3.63) is 5.69 Å². The summed E-state index contributed by atoms with van der Waals surface area (Å²) in [4.78, 5) is 13.5. The number of nitrogens with zero attached hydrogens (tertiary/aromatic N) is 3. The van der Waals surface area contributed by atoms with E-state index < -0.39 is 0 Å². The molecule has 1 aromatic rings. The molecule has 96 valence electrons. The highest BCUT2D eigenvalue weighted by Gasteiger charge is 2.13. The van der Waals surface area contributed by atoms with Crippen molar-refractivity contribution in [1.29, 1.82) is 0 Å². The number of carbonyl (C=O) groups excluding carboxylic acids is 1. The Morgan fingerprint density at radius 3 is 2.82 bits per heavy atom. The molecule has 0 aliphatic carbocycles. The van der Waals surface area contributed by atoms with Crippen molar-refractivity contribution in [3.63, 3.8) is 0 Å². The van der Waals surface area contributed by atoms with Crippen LogP contribution in [-0.4, -0.2) is 47.1 Å². The lowest BCUT2D eigenvalue weighted by Gasteiger charge is -2.18. The second-order valence-electron chi connectivity index (χ2n) is 3.56. The number of rotatable bonds is 7. The summed E-state index contributed by atoms with van der Waals surface area (Å²) in [6.07, 6.45) is 0. The summed E-state index contributed by atoms with van der Waals surface area (Å²) < 4.78 is 3.90. The van der Waals surface area contributed by atoms with E-state index in [4.69, 9.17) is 0 Å². The monoisotopic (exact) mass is 257 g/mol. The van der Waals surface area contributed by atoms with E-state index in [1.807, 2.05) is 25.8 Å². The zero-order valence-electron chi connectivity index (χ0n) is 10.5. The van der Waals surface area contributed by atoms with Crippen LogP contribution in [0.2, 0.25) is 0 Å². The van der Waals surface area contributed by atoms with Crippen LogP contribution in [0.15, 0.2) is 0 Å². The van der Waals surface area contributed by atoms with Crippen molar-refractivity contribution in [2.45, 2.75) is 20.4 Å². The van der Waals surface area contributed by atoms with E-state index in [9.17, 15) is 4.79 Å². The molecule has 7 heteroatoms. The number of carbonyl (C=O) groups is 1. The van der Waals surface area contributed by atoms with Crippen LogP contribution < -0.4 is 10.6 Å². The van der Waals surface area contributed by atoms with Crippen LogP contribution in [0.4, 0.5) is 5.00 Å². The molecule has 0 saturated heterocycles. The third-order valence-electron chi connectivity index (χ3n) is 2.34. The predicted molar refractivity (Wildman–Crippen MR) is 69.1 cm³/mol. The number of nitrogens with one attached hydrogen (secondary N) is 2. The van der Waals surface area contributed by atoms with E-state index in [-0.39, 0.29) is 5.91 Å². The van der Waals surface area contributed by atoms with Crippen molar-refractivity contribution in [3.8, 4) is 0 Å². The Morgan fingerprint density at radius 1 is 1.47 bits per heavy atom. The molecule has 0 aromatic carbocycles. The van der Waals surface area contributed by atoms with E-state index in [0.29, 0.717) is 19.6 Å². The van der Waals surface area contributed by atoms with E-state index in [2.05, 4.69) is 20.2 Å². The molecule has 1 rings (SSSR count). The van der Waals surface area contributed by atoms with Gasteiger partial charge in [0.2, 0.25) is 5.91 Å². The normalized spacial score (nSPS) is 10.6. The van der Waals surface area contributed by atoms with Gasteiger partial charge in [0, 0.05) is 31.7 Å². The molecular formula is C10H19N5OS. The first-order chi connectivity index (χ1) is 8.21. The van der Waals surface area contributed by atoms with Crippen LogP contribution in [0.25, 0.3) is 0 Å². The van der Waals surface area contributed by atoms with E-state index in [1.54, 1.807) is 0 Å². The molecule has 0 atom stereocenters. The Balaban J connectivity index is 2.54. The van der Waals surface area contributed by atoms with Crippen LogP contribution in [0.1, 0.15) is 19.5 Å². The van der Waals surface area contributed by atoms with Gasteiger partial charge in [0.15, 0.2) is 0 Å². The molecule has 1 heterocycles. The summed E-state index contributed by atoms with van der Waals surface area (Å²) in [5.41, 5.74) is 0.892. The van der Waals surface area contributed by atoms with Crippen molar-refractivity contribution in [2.24, 2.45) is 0 Å². The Morgan fingerprint density at radius 2 is 2.24 bits per heavy atom. The summed E-state index contributed by atoms with van der Waals surface area (Å²) in [6.45, 7) is 6.44. The van der Waals surface area contributed by atoms with Gasteiger partial charge in [-0.3, -0.25) is 9.69 Å². The molecule has 0 unspecified atom stereocenters. The standard InChI is InChI=1S/C10H19N5OS/c1-4-12-9(16)7-15(5-2)6-8-10(11-3)17-14-13-8/h11H,4-7H2,1-3H3,(H,12,16). The van der Waals surface area contributed by atoms with Crippen LogP contribution in [0.5, 0.6) is 0 Å². The molecule has 0 aliphatic rings. The first-order valence-electron chi connectivity index (χ1n) is 5.69. The van der Waals surface area contributed by atoms with Crippen LogP contribution in [0, 0.1) is 0 Å². The molecule has 17 heavy (non-hydrogen) atoms. The number of amides is 1. The Labute approximate surface area is 106 Å². The highest BCUT2D eigenvalue weighted by molar-refractivity contribution is 7.10. The highest BCUT2D eigenvalue weighted by Crippen LogP contribution is 2.18. The fourth-order valence-corrected chi connectivity index (χ4v) is 1.97. The minimum absolute atomic E-state index is 0.0450. The lowest BCUT2D eigenvalue weighted by molar-refractivity contribution is -0.122. The van der Waals surface area contributed by atoms with Gasteiger partial charge in [0.05, 0.1) is 6.54 Å². The van der Waals surface area contributed by atoms with Crippen molar-refractivity contribution >= 4 is 22.4 Å². The average molecular weight is 257 g/mol. The fourth-order valence-electron chi connectivity index (χ4n) is 1.45. The molecule has 0 radical (unpaired) electrons. The number of aromatic nitrogens is 2. The summed E-state index contributed by atoms with van der Waals surface area (Å²) in [6, 6.07) is 0. The molecule has 2 N–H and O–H groups in total. The van der Waals surface area contributed by atoms with E-state index in [1.165, 1.54) is 11.5 Å².